The molecule has 0 saturated heterocycles. The zero-order valence-corrected chi connectivity index (χ0v) is 18.1. The molecule has 0 radical (unpaired) electrons. The van der Waals surface area contributed by atoms with Crippen molar-refractivity contribution in [2.24, 2.45) is 4.99 Å². The van der Waals surface area contributed by atoms with Crippen LogP contribution in [0.2, 0.25) is 0 Å². The van der Waals surface area contributed by atoms with Gasteiger partial charge in [0.1, 0.15) is 5.69 Å². The summed E-state index contributed by atoms with van der Waals surface area (Å²) in [5, 5.41) is 18.2. The van der Waals surface area contributed by atoms with Crippen LogP contribution in [0.4, 0.5) is 5.95 Å². The first-order chi connectivity index (χ1) is 15.0. The Balaban J connectivity index is 1.61. The molecule has 0 bridgehead atoms. The Kier molecular flexibility index (Phi) is 4.81. The summed E-state index contributed by atoms with van der Waals surface area (Å²) in [7, 11) is 0. The van der Waals surface area contributed by atoms with E-state index in [4.69, 9.17) is 0 Å². The second-order valence-corrected chi connectivity index (χ2v) is 8.36. The van der Waals surface area contributed by atoms with E-state index in [1.807, 2.05) is 31.2 Å². The van der Waals surface area contributed by atoms with Crippen LogP contribution in [0.5, 0.6) is 5.88 Å². The Morgan fingerprint density at radius 2 is 2.06 bits per heavy atom. The second kappa shape index (κ2) is 7.65. The van der Waals surface area contributed by atoms with E-state index in [1.54, 1.807) is 16.8 Å². The lowest BCUT2D eigenvalue weighted by atomic mass is 10.1. The fraction of sp³-hybridized carbons (Fsp3) is 0.250. The number of anilines is 1. The van der Waals surface area contributed by atoms with Crippen LogP contribution in [-0.4, -0.2) is 40.7 Å². The summed E-state index contributed by atoms with van der Waals surface area (Å²) >= 11 is 3.45. The minimum Gasteiger partial charge on any atom is -0.493 e. The third-order valence-corrected chi connectivity index (χ3v) is 5.50. The molecule has 1 atom stereocenters. The standard InChI is InChI=1S/C20H19BrN8O2/c1-10(11-2-4-13(21)5-3-11)23-18-26-16-12(8-15-17(30)27-20(31)25-15)9-22-29(16)19(28-18)24-14-6-7-14/h2-5,8-10,14,30H,6-7H2,1H3,(H,23,24,28)(H2,25,27,31)/b12-8+. The Morgan fingerprint density at radius 3 is 2.74 bits per heavy atom. The highest BCUT2D eigenvalue weighted by molar-refractivity contribution is 9.10. The van der Waals surface area contributed by atoms with E-state index >= 15 is 0 Å². The number of aromatic nitrogens is 6. The van der Waals surface area contributed by atoms with Gasteiger partial charge in [-0.15, -0.1) is 0 Å². The summed E-state index contributed by atoms with van der Waals surface area (Å²) in [4.78, 5) is 30.2. The Hall–Kier alpha value is -3.47. The third-order valence-electron chi connectivity index (χ3n) is 4.97. The number of aromatic amines is 2. The number of nitrogens with one attached hydrogen (secondary N) is 3. The van der Waals surface area contributed by atoms with Crippen molar-refractivity contribution in [2.75, 3.05) is 5.32 Å². The molecule has 5 rings (SSSR count). The molecule has 31 heavy (non-hydrogen) atoms. The average Bonchev–Trinajstić information content (AvgIpc) is 3.37. The highest BCUT2D eigenvalue weighted by Crippen LogP contribution is 2.22. The topological polar surface area (TPSA) is 136 Å². The van der Waals surface area contributed by atoms with Gasteiger partial charge in [-0.1, -0.05) is 28.1 Å². The van der Waals surface area contributed by atoms with Gasteiger partial charge in [-0.2, -0.15) is 19.6 Å². The molecule has 1 saturated carbocycles. The van der Waals surface area contributed by atoms with Crippen LogP contribution >= 0.6 is 15.9 Å². The van der Waals surface area contributed by atoms with E-state index in [0.717, 1.165) is 22.9 Å². The number of H-pyrrole nitrogens is 2. The minimum atomic E-state index is -0.495. The molecule has 3 heterocycles. The molecule has 4 aromatic rings. The zero-order valence-electron chi connectivity index (χ0n) is 16.5. The molecule has 1 fully saturated rings. The number of rotatable bonds is 5. The Labute approximate surface area is 183 Å². The summed E-state index contributed by atoms with van der Waals surface area (Å²) in [6.07, 6.45) is 5.26. The summed E-state index contributed by atoms with van der Waals surface area (Å²) in [5.41, 5.74) is 1.81. The Morgan fingerprint density at radius 1 is 1.29 bits per heavy atom. The smallest absolute Gasteiger partial charge is 0.326 e. The highest BCUT2D eigenvalue weighted by atomic mass is 79.9. The summed E-state index contributed by atoms with van der Waals surface area (Å²) in [5.74, 6) is 0.174. The van der Waals surface area contributed by atoms with Crippen LogP contribution in [0.1, 0.15) is 37.1 Å². The molecular formula is C20H19BrN8O2. The molecule has 1 aliphatic carbocycles. The van der Waals surface area contributed by atoms with Crippen molar-refractivity contribution >= 4 is 33.6 Å². The summed E-state index contributed by atoms with van der Waals surface area (Å²) in [6, 6.07) is 8.23. The van der Waals surface area contributed by atoms with Crippen LogP contribution in [0.3, 0.4) is 0 Å². The first-order valence-electron chi connectivity index (χ1n) is 9.81. The normalized spacial score (nSPS) is 16.2. The molecule has 0 spiro atoms. The van der Waals surface area contributed by atoms with E-state index in [-0.39, 0.29) is 23.7 Å². The summed E-state index contributed by atoms with van der Waals surface area (Å²) in [6.45, 7) is 2.03. The number of aromatic hydroxyl groups is 1. The number of fused-ring (bicyclic) bond motifs is 1. The van der Waals surface area contributed by atoms with E-state index in [0.29, 0.717) is 22.4 Å². The van der Waals surface area contributed by atoms with Gasteiger partial charge in [0.25, 0.3) is 5.62 Å². The van der Waals surface area contributed by atoms with Crippen LogP contribution in [0, 0.1) is 0 Å². The maximum Gasteiger partial charge on any atom is 0.326 e. The van der Waals surface area contributed by atoms with Crippen LogP contribution in [0.25, 0.3) is 11.7 Å². The van der Waals surface area contributed by atoms with Gasteiger partial charge in [-0.25, -0.2) is 9.79 Å². The molecule has 4 N–H and O–H groups in total. The minimum absolute atomic E-state index is 0.0373. The van der Waals surface area contributed by atoms with Gasteiger partial charge in [0.15, 0.2) is 5.65 Å². The second-order valence-electron chi connectivity index (χ2n) is 7.45. The molecule has 1 aliphatic rings. The molecule has 3 aromatic heterocycles. The first-order valence-corrected chi connectivity index (χ1v) is 10.6. The van der Waals surface area contributed by atoms with Crippen molar-refractivity contribution in [2.45, 2.75) is 31.8 Å². The maximum atomic E-state index is 11.5. The van der Waals surface area contributed by atoms with Gasteiger partial charge in [-0.05, 0) is 43.5 Å². The van der Waals surface area contributed by atoms with E-state index in [2.05, 4.69) is 51.3 Å². The SMILES string of the molecule is CC(Nc1nc(=NC2CC2)n2nc/c(=C\c3[nH]c(=O)[nH]c3O)c2n1)c1ccc(Br)cc1. The van der Waals surface area contributed by atoms with Crippen LogP contribution in [0.15, 0.2) is 44.7 Å². The molecule has 0 amide bonds. The lowest BCUT2D eigenvalue weighted by Crippen LogP contribution is -2.25. The van der Waals surface area contributed by atoms with Gasteiger partial charge in [0.2, 0.25) is 11.8 Å². The highest BCUT2D eigenvalue weighted by Gasteiger charge is 2.21. The fourth-order valence-corrected chi connectivity index (χ4v) is 3.44. The molecular weight excluding hydrogens is 464 g/mol. The monoisotopic (exact) mass is 482 g/mol. The van der Waals surface area contributed by atoms with E-state index in [1.165, 1.54) is 0 Å². The van der Waals surface area contributed by atoms with Crippen molar-refractivity contribution in [3.05, 3.63) is 67.5 Å². The fourth-order valence-electron chi connectivity index (χ4n) is 3.17. The van der Waals surface area contributed by atoms with Crippen molar-refractivity contribution in [1.29, 1.82) is 0 Å². The molecule has 11 heteroatoms. The third kappa shape index (κ3) is 4.08. The maximum absolute atomic E-state index is 11.5. The van der Waals surface area contributed by atoms with Gasteiger partial charge in [0, 0.05) is 9.69 Å². The van der Waals surface area contributed by atoms with E-state index in [9.17, 15) is 9.90 Å². The van der Waals surface area contributed by atoms with Crippen LogP contribution in [-0.2, 0) is 0 Å². The van der Waals surface area contributed by atoms with Gasteiger partial charge >= 0.3 is 5.69 Å². The largest absolute Gasteiger partial charge is 0.493 e. The lowest BCUT2D eigenvalue weighted by Gasteiger charge is -2.14. The molecule has 10 nitrogen and oxygen atoms in total. The van der Waals surface area contributed by atoms with Crippen molar-refractivity contribution < 1.29 is 5.11 Å². The number of imidazole rings is 1. The number of benzene rings is 1. The van der Waals surface area contributed by atoms with Crippen molar-refractivity contribution in [1.82, 2.24) is 29.5 Å². The predicted molar refractivity (Wildman–Crippen MR) is 117 cm³/mol. The number of nitrogens with zero attached hydrogens (tertiary/aromatic N) is 5. The van der Waals surface area contributed by atoms with Crippen molar-refractivity contribution in [3.63, 3.8) is 0 Å². The van der Waals surface area contributed by atoms with Crippen LogP contribution < -0.4 is 21.8 Å². The molecule has 0 aliphatic heterocycles. The van der Waals surface area contributed by atoms with Gasteiger partial charge in [0.05, 0.1) is 18.3 Å². The zero-order chi connectivity index (χ0) is 21.5. The number of hydrogen-bond acceptors (Lipinski definition) is 7. The number of halogens is 1. The number of hydrogen-bond donors (Lipinski definition) is 4. The predicted octanol–water partition coefficient (Wildman–Crippen LogP) is 1.39. The molecule has 1 unspecified atom stereocenters. The average molecular weight is 483 g/mol. The Bertz CT molecular complexity index is 1430. The summed E-state index contributed by atoms with van der Waals surface area (Å²) < 4.78 is 2.58. The quantitative estimate of drug-likeness (QED) is 0.339. The molecule has 1 aromatic carbocycles. The first kappa shape index (κ1) is 19.5. The van der Waals surface area contributed by atoms with E-state index < -0.39 is 5.69 Å². The van der Waals surface area contributed by atoms with Gasteiger partial charge in [-0.3, -0.25) is 4.98 Å². The molecule has 158 valence electrons. The lowest BCUT2D eigenvalue weighted by molar-refractivity contribution is 0.454. The van der Waals surface area contributed by atoms with Crippen molar-refractivity contribution in [3.8, 4) is 5.88 Å². The van der Waals surface area contributed by atoms with Gasteiger partial charge < -0.3 is 15.4 Å².